The number of rotatable bonds is 4. The molecule has 0 amide bonds. The number of ether oxygens (including phenoxy) is 3. The summed E-state index contributed by atoms with van der Waals surface area (Å²) in [7, 11) is 4.15. The zero-order chi connectivity index (χ0) is 21.4. The van der Waals surface area contributed by atoms with Gasteiger partial charge in [-0.25, -0.2) is 4.79 Å². The Labute approximate surface area is 171 Å². The highest BCUT2D eigenvalue weighted by Crippen LogP contribution is 2.45. The molecular weight excluding hydrogens is 388 g/mol. The number of methoxy groups -OCH3 is 3. The minimum absolute atomic E-state index is 0.115. The Hall–Kier alpha value is -4.00. The van der Waals surface area contributed by atoms with Gasteiger partial charge in [0.15, 0.2) is 17.2 Å². The molecule has 0 saturated heterocycles. The van der Waals surface area contributed by atoms with Crippen LogP contribution in [0.25, 0.3) is 33.4 Å². The van der Waals surface area contributed by atoms with Gasteiger partial charge in [-0.3, -0.25) is 4.79 Å². The SMILES string of the molecule is COC(=O)c1ccccc1-c1c2cc(OC)c(=O)cc-2oc2cc(O)c(OC)cc12. The van der Waals surface area contributed by atoms with Crippen molar-refractivity contribution in [3.8, 4) is 39.7 Å². The van der Waals surface area contributed by atoms with Crippen LogP contribution in [0.4, 0.5) is 0 Å². The summed E-state index contributed by atoms with van der Waals surface area (Å²) in [5.41, 5.74) is 2.06. The first kappa shape index (κ1) is 19.3. The fourth-order valence-electron chi connectivity index (χ4n) is 3.52. The molecule has 4 rings (SSSR count). The van der Waals surface area contributed by atoms with Crippen molar-refractivity contribution in [3.05, 3.63) is 64.3 Å². The standard InChI is InChI=1S/C23H18O7/c1-27-20-8-14-18(10-16(20)24)30-19-11-17(25)21(28-2)9-15(19)22(14)12-6-4-5-7-13(12)23(26)29-3/h4-11,24H,1-3H3. The van der Waals surface area contributed by atoms with Crippen LogP contribution in [0.3, 0.4) is 0 Å². The van der Waals surface area contributed by atoms with Crippen LogP contribution >= 0.6 is 0 Å². The molecule has 0 fully saturated rings. The molecule has 0 radical (unpaired) electrons. The largest absolute Gasteiger partial charge is 0.504 e. The number of hydrogen-bond donors (Lipinski definition) is 1. The second kappa shape index (κ2) is 7.44. The van der Waals surface area contributed by atoms with Crippen molar-refractivity contribution in [1.29, 1.82) is 0 Å². The number of benzene rings is 3. The lowest BCUT2D eigenvalue weighted by Gasteiger charge is -2.18. The van der Waals surface area contributed by atoms with Crippen molar-refractivity contribution >= 4 is 16.9 Å². The van der Waals surface area contributed by atoms with E-state index in [0.29, 0.717) is 33.2 Å². The lowest BCUT2D eigenvalue weighted by Crippen LogP contribution is -2.07. The topological polar surface area (TPSA) is 95.2 Å². The monoisotopic (exact) mass is 406 g/mol. The molecule has 0 aromatic heterocycles. The summed E-state index contributed by atoms with van der Waals surface area (Å²) in [6.07, 6.45) is 0. The van der Waals surface area contributed by atoms with E-state index in [-0.39, 0.29) is 28.4 Å². The van der Waals surface area contributed by atoms with Crippen molar-refractivity contribution in [2.24, 2.45) is 0 Å². The predicted octanol–water partition coefficient (Wildman–Crippen LogP) is 4.07. The van der Waals surface area contributed by atoms with Crippen LogP contribution in [-0.4, -0.2) is 32.4 Å². The molecule has 1 aliphatic carbocycles. The van der Waals surface area contributed by atoms with Crippen LogP contribution in [0.15, 0.2) is 57.7 Å². The highest BCUT2D eigenvalue weighted by Gasteiger charge is 2.24. The summed E-state index contributed by atoms with van der Waals surface area (Å²) in [5.74, 6) is 0.0374. The summed E-state index contributed by atoms with van der Waals surface area (Å²) in [6.45, 7) is 0. The molecule has 2 aliphatic rings. The maximum absolute atomic E-state index is 12.4. The first-order valence-corrected chi connectivity index (χ1v) is 9.01. The van der Waals surface area contributed by atoms with Crippen LogP contribution in [0.2, 0.25) is 0 Å². The molecular formula is C23H18O7. The van der Waals surface area contributed by atoms with Crippen molar-refractivity contribution < 1.29 is 28.5 Å². The van der Waals surface area contributed by atoms with Crippen molar-refractivity contribution in [2.45, 2.75) is 0 Å². The second-order valence-corrected chi connectivity index (χ2v) is 6.53. The normalized spacial score (nSPS) is 10.9. The molecule has 1 N–H and O–H groups in total. The Balaban J connectivity index is 2.23. The van der Waals surface area contributed by atoms with Gasteiger partial charge in [0.1, 0.15) is 11.3 Å². The maximum atomic E-state index is 12.4. The summed E-state index contributed by atoms with van der Waals surface area (Å²) in [5, 5.41) is 10.8. The van der Waals surface area contributed by atoms with E-state index in [1.54, 1.807) is 36.4 Å². The minimum atomic E-state index is -0.508. The molecule has 152 valence electrons. The zero-order valence-corrected chi connectivity index (χ0v) is 16.5. The van der Waals surface area contributed by atoms with Gasteiger partial charge in [-0.05, 0) is 23.8 Å². The number of phenols is 1. The smallest absolute Gasteiger partial charge is 0.338 e. The van der Waals surface area contributed by atoms with Gasteiger partial charge in [0.2, 0.25) is 5.43 Å². The first-order valence-electron chi connectivity index (χ1n) is 9.01. The number of aromatic hydroxyl groups is 1. The molecule has 1 aliphatic heterocycles. The molecule has 0 unspecified atom stereocenters. The van der Waals surface area contributed by atoms with E-state index in [4.69, 9.17) is 18.6 Å². The molecule has 1 heterocycles. The van der Waals surface area contributed by atoms with Crippen LogP contribution < -0.4 is 14.9 Å². The van der Waals surface area contributed by atoms with Gasteiger partial charge < -0.3 is 23.7 Å². The third-order valence-electron chi connectivity index (χ3n) is 4.91. The summed E-state index contributed by atoms with van der Waals surface area (Å²) in [6, 6.07) is 12.9. The van der Waals surface area contributed by atoms with Crippen LogP contribution in [-0.2, 0) is 4.74 Å². The van der Waals surface area contributed by atoms with Crippen molar-refractivity contribution in [2.75, 3.05) is 21.3 Å². The Bertz CT molecular complexity index is 1300. The van der Waals surface area contributed by atoms with Crippen LogP contribution in [0.5, 0.6) is 17.2 Å². The molecule has 7 heteroatoms. The number of fused-ring (bicyclic) bond motifs is 2. The third-order valence-corrected chi connectivity index (χ3v) is 4.91. The van der Waals surface area contributed by atoms with Gasteiger partial charge >= 0.3 is 5.97 Å². The molecule has 0 bridgehead atoms. The number of phenolic OH excluding ortho intramolecular Hbond substituents is 1. The van der Waals surface area contributed by atoms with E-state index < -0.39 is 5.97 Å². The van der Waals surface area contributed by atoms with E-state index in [9.17, 15) is 14.7 Å². The molecule has 0 spiro atoms. The Morgan fingerprint density at radius 1 is 0.933 bits per heavy atom. The van der Waals surface area contributed by atoms with Gasteiger partial charge in [-0.2, -0.15) is 0 Å². The van der Waals surface area contributed by atoms with E-state index in [1.165, 1.54) is 33.5 Å². The lowest BCUT2D eigenvalue weighted by atomic mass is 9.90. The van der Waals surface area contributed by atoms with Gasteiger partial charge in [-0.1, -0.05) is 18.2 Å². The summed E-state index contributed by atoms with van der Waals surface area (Å²) in [4.78, 5) is 24.8. The quantitative estimate of drug-likeness (QED) is 0.403. The third kappa shape index (κ3) is 3.00. The Morgan fingerprint density at radius 2 is 1.67 bits per heavy atom. The summed E-state index contributed by atoms with van der Waals surface area (Å²) >= 11 is 0. The fraction of sp³-hybridized carbons (Fsp3) is 0.130. The number of esters is 1. The molecule has 2 aromatic carbocycles. The lowest BCUT2D eigenvalue weighted by molar-refractivity contribution is 0.0601. The van der Waals surface area contributed by atoms with Crippen molar-refractivity contribution in [1.82, 2.24) is 0 Å². The number of hydrogen-bond acceptors (Lipinski definition) is 7. The Kier molecular flexibility index (Phi) is 4.79. The fourth-order valence-corrected chi connectivity index (χ4v) is 3.52. The zero-order valence-electron chi connectivity index (χ0n) is 16.5. The molecule has 0 saturated carbocycles. The van der Waals surface area contributed by atoms with E-state index in [0.717, 1.165) is 0 Å². The maximum Gasteiger partial charge on any atom is 0.338 e. The van der Waals surface area contributed by atoms with Gasteiger partial charge in [0.05, 0.1) is 26.9 Å². The summed E-state index contributed by atoms with van der Waals surface area (Å²) < 4.78 is 21.3. The minimum Gasteiger partial charge on any atom is -0.504 e. The van der Waals surface area contributed by atoms with E-state index in [2.05, 4.69) is 0 Å². The average molecular weight is 406 g/mol. The van der Waals surface area contributed by atoms with Gasteiger partial charge in [-0.15, -0.1) is 0 Å². The molecule has 7 nitrogen and oxygen atoms in total. The highest BCUT2D eigenvalue weighted by molar-refractivity contribution is 6.08. The van der Waals surface area contributed by atoms with Crippen molar-refractivity contribution in [3.63, 3.8) is 0 Å². The highest BCUT2D eigenvalue weighted by atomic mass is 16.5. The predicted molar refractivity (Wildman–Crippen MR) is 111 cm³/mol. The molecule has 0 atom stereocenters. The van der Waals surface area contributed by atoms with E-state index >= 15 is 0 Å². The van der Waals surface area contributed by atoms with Gasteiger partial charge in [0.25, 0.3) is 0 Å². The molecule has 2 aromatic rings. The Morgan fingerprint density at radius 3 is 2.37 bits per heavy atom. The number of carbonyl (C=O) groups is 1. The van der Waals surface area contributed by atoms with Gasteiger partial charge in [0, 0.05) is 28.6 Å². The molecule has 30 heavy (non-hydrogen) atoms. The average Bonchev–Trinajstić information content (AvgIpc) is 2.76. The second-order valence-electron chi connectivity index (χ2n) is 6.53. The van der Waals surface area contributed by atoms with Crippen LogP contribution in [0, 0.1) is 0 Å². The van der Waals surface area contributed by atoms with Crippen LogP contribution in [0.1, 0.15) is 10.4 Å². The van der Waals surface area contributed by atoms with E-state index in [1.807, 2.05) is 0 Å². The first-order chi connectivity index (χ1) is 14.5. The number of carbonyl (C=O) groups excluding carboxylic acids is 1.